The van der Waals surface area contributed by atoms with Crippen LogP contribution in [0, 0.1) is 10.8 Å². The Bertz CT molecular complexity index is 1310. The molecule has 3 aromatic rings. The number of anilines is 1. The average molecular weight is 521 g/mol. The molecule has 10 heteroatoms. The minimum absolute atomic E-state index is 0.243. The second-order valence-electron chi connectivity index (χ2n) is 8.83. The number of imide groups is 1. The molecule has 0 spiro atoms. The van der Waals surface area contributed by atoms with Crippen LogP contribution in [0.25, 0.3) is 0 Å². The predicted molar refractivity (Wildman–Crippen MR) is 123 cm³/mol. The minimum Gasteiger partial charge on any atom is -0.406 e. The van der Waals surface area contributed by atoms with E-state index in [1.165, 1.54) is 42.5 Å². The second kappa shape index (κ2) is 7.96. The monoisotopic (exact) mass is 520 g/mol. The van der Waals surface area contributed by atoms with Crippen molar-refractivity contribution in [1.82, 2.24) is 4.98 Å². The van der Waals surface area contributed by atoms with E-state index in [0.29, 0.717) is 5.56 Å². The molecule has 1 aliphatic carbocycles. The molecule has 1 aliphatic heterocycles. The van der Waals surface area contributed by atoms with Gasteiger partial charge in [-0.05, 0) is 66.9 Å². The molecule has 2 aromatic carbocycles. The van der Waals surface area contributed by atoms with Crippen molar-refractivity contribution in [3.8, 4) is 5.75 Å². The Morgan fingerprint density at radius 1 is 0.971 bits per heavy atom. The Morgan fingerprint density at radius 2 is 1.57 bits per heavy atom. The van der Waals surface area contributed by atoms with Gasteiger partial charge < -0.3 is 4.74 Å². The van der Waals surface area contributed by atoms with Crippen LogP contribution in [0.15, 0.2) is 67.0 Å². The molecule has 1 saturated carbocycles. The van der Waals surface area contributed by atoms with Gasteiger partial charge in [0.15, 0.2) is 0 Å². The Morgan fingerprint density at radius 3 is 2.14 bits per heavy atom. The van der Waals surface area contributed by atoms with E-state index >= 15 is 0 Å². The molecule has 0 bridgehead atoms. The molecule has 2 aliphatic rings. The number of hydrogen-bond acceptors (Lipinski definition) is 4. The van der Waals surface area contributed by atoms with Crippen molar-refractivity contribution in [2.75, 3.05) is 4.90 Å². The highest BCUT2D eigenvalue weighted by Crippen LogP contribution is 2.79. The van der Waals surface area contributed by atoms with Crippen molar-refractivity contribution in [3.05, 3.63) is 88.2 Å². The van der Waals surface area contributed by atoms with Gasteiger partial charge in [0.1, 0.15) is 5.75 Å². The first-order valence-electron chi connectivity index (χ1n) is 10.6. The fourth-order valence-corrected chi connectivity index (χ4v) is 5.96. The summed E-state index contributed by atoms with van der Waals surface area (Å²) in [6.07, 6.45) is -1.39. The molecule has 1 aromatic heterocycles. The third-order valence-corrected chi connectivity index (χ3v) is 7.37. The summed E-state index contributed by atoms with van der Waals surface area (Å²) in [5, 5.41) is 0.553. The van der Waals surface area contributed by atoms with Gasteiger partial charge in [0.05, 0.1) is 16.5 Å². The van der Waals surface area contributed by atoms with Crippen molar-refractivity contribution in [3.63, 3.8) is 0 Å². The maximum absolute atomic E-state index is 14.0. The molecule has 1 unspecified atom stereocenters. The number of benzene rings is 2. The quantitative estimate of drug-likeness (QED) is 0.376. The summed E-state index contributed by atoms with van der Waals surface area (Å²) in [4.78, 5) is 32.9. The third-order valence-electron chi connectivity index (χ3n) is 6.93. The van der Waals surface area contributed by atoms with Crippen molar-refractivity contribution in [1.29, 1.82) is 0 Å². The first-order chi connectivity index (χ1) is 16.5. The molecule has 5 nitrogen and oxygen atoms in total. The molecule has 35 heavy (non-hydrogen) atoms. The van der Waals surface area contributed by atoms with Gasteiger partial charge in [0.25, 0.3) is 0 Å². The highest BCUT2D eigenvalue weighted by molar-refractivity contribution is 6.36. The van der Waals surface area contributed by atoms with Gasteiger partial charge in [-0.15, -0.1) is 13.2 Å². The predicted octanol–water partition coefficient (Wildman–Crippen LogP) is 6.19. The highest BCUT2D eigenvalue weighted by Gasteiger charge is 2.87. The maximum Gasteiger partial charge on any atom is 0.573 e. The van der Waals surface area contributed by atoms with Crippen LogP contribution in [0.5, 0.6) is 5.75 Å². The van der Waals surface area contributed by atoms with E-state index in [2.05, 4.69) is 9.72 Å². The van der Waals surface area contributed by atoms with Gasteiger partial charge in [-0.2, -0.15) is 0 Å². The number of halogens is 5. The Labute approximate surface area is 208 Å². The Balaban J connectivity index is 1.57. The molecule has 0 radical (unpaired) electrons. The lowest BCUT2D eigenvalue weighted by molar-refractivity contribution is -0.274. The van der Waals surface area contributed by atoms with Crippen LogP contribution in [0.1, 0.15) is 24.0 Å². The lowest BCUT2D eigenvalue weighted by atomic mass is 9.89. The molecule has 5 rings (SSSR count). The number of carbonyl (C=O) groups excluding carboxylic acids is 2. The molecule has 2 fully saturated rings. The van der Waals surface area contributed by atoms with Gasteiger partial charge in [0, 0.05) is 28.4 Å². The third kappa shape index (κ3) is 3.67. The SMILES string of the molecule is C[C@]12C(=O)N(c3cc(Cl)cc(Cl)c3)C(=O)C1(Cc1ccncc1)[C@H]2c1ccc(OC(F)(F)F)cc1. The number of rotatable bonds is 5. The van der Waals surface area contributed by atoms with Gasteiger partial charge in [-0.25, -0.2) is 4.90 Å². The maximum atomic E-state index is 14.0. The van der Waals surface area contributed by atoms with E-state index in [9.17, 15) is 22.8 Å². The van der Waals surface area contributed by atoms with Crippen LogP contribution in [0.3, 0.4) is 0 Å². The summed E-state index contributed by atoms with van der Waals surface area (Å²) in [5.74, 6) is -1.77. The minimum atomic E-state index is -4.82. The zero-order chi connectivity index (χ0) is 25.2. The summed E-state index contributed by atoms with van der Waals surface area (Å²) in [5.41, 5.74) is -0.631. The molecule has 1 saturated heterocycles. The van der Waals surface area contributed by atoms with Gasteiger partial charge in [0.2, 0.25) is 11.8 Å². The van der Waals surface area contributed by atoms with Crippen molar-refractivity contribution >= 4 is 40.7 Å². The topological polar surface area (TPSA) is 59.5 Å². The number of fused-ring (bicyclic) bond motifs is 1. The highest BCUT2D eigenvalue weighted by atomic mass is 35.5. The fourth-order valence-electron chi connectivity index (χ4n) is 5.44. The summed E-state index contributed by atoms with van der Waals surface area (Å²) in [7, 11) is 0. The average Bonchev–Trinajstić information content (AvgIpc) is 3.27. The van der Waals surface area contributed by atoms with Crippen molar-refractivity contribution < 1.29 is 27.5 Å². The van der Waals surface area contributed by atoms with E-state index < -0.39 is 34.9 Å². The zero-order valence-corrected chi connectivity index (χ0v) is 19.7. The Hall–Kier alpha value is -3.10. The number of piperidine rings is 1. The first kappa shape index (κ1) is 23.6. The molecular weight excluding hydrogens is 504 g/mol. The number of ether oxygens (including phenoxy) is 1. The van der Waals surface area contributed by atoms with Gasteiger partial charge in [-0.3, -0.25) is 14.6 Å². The first-order valence-corrected chi connectivity index (χ1v) is 11.3. The van der Waals surface area contributed by atoms with Crippen molar-refractivity contribution in [2.24, 2.45) is 10.8 Å². The summed E-state index contributed by atoms with van der Waals surface area (Å²) >= 11 is 12.2. The smallest absolute Gasteiger partial charge is 0.406 e. The largest absolute Gasteiger partial charge is 0.573 e. The zero-order valence-electron chi connectivity index (χ0n) is 18.1. The normalized spacial score (nSPS) is 25.5. The van der Waals surface area contributed by atoms with Crippen LogP contribution in [-0.2, 0) is 16.0 Å². The number of hydrogen-bond donors (Lipinski definition) is 0. The van der Waals surface area contributed by atoms with Crippen LogP contribution in [-0.4, -0.2) is 23.2 Å². The van der Waals surface area contributed by atoms with Crippen LogP contribution in [0.2, 0.25) is 10.0 Å². The summed E-state index contributed by atoms with van der Waals surface area (Å²) in [6.45, 7) is 1.71. The lowest BCUT2D eigenvalue weighted by Gasteiger charge is -2.23. The number of amides is 2. The van der Waals surface area contributed by atoms with Crippen molar-refractivity contribution in [2.45, 2.75) is 25.6 Å². The summed E-state index contributed by atoms with van der Waals surface area (Å²) < 4.78 is 41.7. The molecular formula is C25H17Cl2F3N2O3. The van der Waals surface area contributed by atoms with E-state index in [1.807, 2.05) is 0 Å². The second-order valence-corrected chi connectivity index (χ2v) is 9.70. The molecule has 2 heterocycles. The number of aromatic nitrogens is 1. The van der Waals surface area contributed by atoms with Crippen LogP contribution in [0.4, 0.5) is 18.9 Å². The lowest BCUT2D eigenvalue weighted by Crippen LogP contribution is -2.38. The van der Waals surface area contributed by atoms with Crippen LogP contribution < -0.4 is 9.64 Å². The molecule has 2 amide bonds. The standard InChI is InChI=1S/C25H17Cl2F3N2O3/c1-23-20(15-2-4-19(5-3-15)35-25(28,29)30)24(23,13-14-6-8-31-9-7-14)22(34)32(21(23)33)18-11-16(26)10-17(27)12-18/h2-12,20H,13H2,1H3/t20-,23-,24?/m0/s1. The van der Waals surface area contributed by atoms with E-state index in [-0.39, 0.29) is 27.9 Å². The van der Waals surface area contributed by atoms with E-state index in [0.717, 1.165) is 10.5 Å². The number of carbonyl (C=O) groups is 2. The van der Waals surface area contributed by atoms with Crippen LogP contribution >= 0.6 is 23.2 Å². The molecule has 0 N–H and O–H groups in total. The summed E-state index contributed by atoms with van der Waals surface area (Å²) in [6, 6.07) is 13.3. The van der Waals surface area contributed by atoms with Gasteiger partial charge >= 0.3 is 6.36 Å². The van der Waals surface area contributed by atoms with E-state index in [4.69, 9.17) is 23.2 Å². The fraction of sp³-hybridized carbons (Fsp3) is 0.240. The number of pyridine rings is 1. The number of alkyl halides is 3. The Kier molecular flexibility index (Phi) is 5.38. The van der Waals surface area contributed by atoms with E-state index in [1.54, 1.807) is 31.5 Å². The van der Waals surface area contributed by atoms with Gasteiger partial charge in [-0.1, -0.05) is 35.3 Å². The molecule has 3 atom stereocenters. The number of nitrogens with zero attached hydrogens (tertiary/aromatic N) is 2. The molecule has 180 valence electrons.